The van der Waals surface area contributed by atoms with Gasteiger partial charge in [0.2, 0.25) is 5.91 Å². The molecule has 7 heteroatoms. The highest BCUT2D eigenvalue weighted by atomic mass is 127. The first-order chi connectivity index (χ1) is 10.6. The monoisotopic (exact) mass is 440 g/mol. The number of carbonyl (C=O) groups excluding carboxylic acids is 1. The highest BCUT2D eigenvalue weighted by Crippen LogP contribution is 2.18. The summed E-state index contributed by atoms with van der Waals surface area (Å²) in [5.41, 5.74) is 0. The van der Waals surface area contributed by atoms with Crippen molar-refractivity contribution >= 4 is 35.8 Å². The summed E-state index contributed by atoms with van der Waals surface area (Å²) in [5.74, 6) is 1.53. The maximum Gasteiger partial charge on any atom is 0.220 e. The van der Waals surface area contributed by atoms with Crippen LogP contribution >= 0.6 is 24.0 Å². The first-order valence-electron chi connectivity index (χ1n) is 8.43. The summed E-state index contributed by atoms with van der Waals surface area (Å²) in [5, 5.41) is 9.46. The standard InChI is InChI=1S/C16H32N4O2.HI/c1-13(2)12-22-11-5-10-19-16(17-3)18-9-4-6-15(21)20-14-7-8-14;/h13-14H,4-12H2,1-3H3,(H,20,21)(H2,17,18,19);1H. The van der Waals surface area contributed by atoms with E-state index in [0.717, 1.165) is 57.9 Å². The molecular weight excluding hydrogens is 407 g/mol. The minimum atomic E-state index is 0. The van der Waals surface area contributed by atoms with Gasteiger partial charge in [-0.15, -0.1) is 24.0 Å². The van der Waals surface area contributed by atoms with Crippen molar-refractivity contribution in [1.82, 2.24) is 16.0 Å². The maximum absolute atomic E-state index is 11.5. The molecule has 136 valence electrons. The summed E-state index contributed by atoms with van der Waals surface area (Å²) >= 11 is 0. The van der Waals surface area contributed by atoms with Gasteiger partial charge in [0.05, 0.1) is 0 Å². The van der Waals surface area contributed by atoms with Crippen LogP contribution in [0.15, 0.2) is 4.99 Å². The van der Waals surface area contributed by atoms with Crippen LogP contribution in [0.4, 0.5) is 0 Å². The van der Waals surface area contributed by atoms with E-state index in [9.17, 15) is 4.79 Å². The van der Waals surface area contributed by atoms with Gasteiger partial charge in [-0.2, -0.15) is 0 Å². The van der Waals surface area contributed by atoms with E-state index in [-0.39, 0.29) is 29.9 Å². The van der Waals surface area contributed by atoms with Crippen molar-refractivity contribution in [2.45, 2.75) is 52.0 Å². The molecule has 0 aromatic rings. The number of carbonyl (C=O) groups is 1. The largest absolute Gasteiger partial charge is 0.381 e. The molecule has 1 amide bonds. The van der Waals surface area contributed by atoms with Crippen LogP contribution in [0.5, 0.6) is 0 Å². The Morgan fingerprint density at radius 3 is 2.43 bits per heavy atom. The normalized spacial score (nSPS) is 14.3. The summed E-state index contributed by atoms with van der Waals surface area (Å²) in [6, 6.07) is 0.452. The molecule has 6 nitrogen and oxygen atoms in total. The molecule has 1 fully saturated rings. The predicted octanol–water partition coefficient (Wildman–Crippen LogP) is 1.89. The van der Waals surface area contributed by atoms with E-state index in [4.69, 9.17) is 4.74 Å². The number of hydrogen-bond acceptors (Lipinski definition) is 3. The van der Waals surface area contributed by atoms with Gasteiger partial charge in [-0.05, 0) is 31.6 Å². The lowest BCUT2D eigenvalue weighted by atomic mass is 10.2. The van der Waals surface area contributed by atoms with Crippen LogP contribution < -0.4 is 16.0 Å². The predicted molar refractivity (Wildman–Crippen MR) is 105 cm³/mol. The summed E-state index contributed by atoms with van der Waals surface area (Å²) < 4.78 is 5.53. The molecular formula is C16H33IN4O2. The molecule has 1 aliphatic rings. The van der Waals surface area contributed by atoms with Crippen molar-refractivity contribution in [2.24, 2.45) is 10.9 Å². The minimum absolute atomic E-state index is 0. The van der Waals surface area contributed by atoms with Gasteiger partial charge in [0.15, 0.2) is 5.96 Å². The first kappa shape index (κ1) is 22.4. The smallest absolute Gasteiger partial charge is 0.220 e. The summed E-state index contributed by atoms with van der Waals surface area (Å²) in [6.45, 7) is 7.46. The zero-order valence-corrected chi connectivity index (χ0v) is 17.0. The summed E-state index contributed by atoms with van der Waals surface area (Å²) in [4.78, 5) is 15.7. The Hall–Kier alpha value is -0.570. The number of guanidine groups is 1. The average molecular weight is 440 g/mol. The number of ether oxygens (including phenoxy) is 1. The molecule has 0 saturated heterocycles. The molecule has 0 heterocycles. The van der Waals surface area contributed by atoms with Gasteiger partial charge in [-0.3, -0.25) is 9.79 Å². The molecule has 1 saturated carbocycles. The molecule has 1 aliphatic carbocycles. The van der Waals surface area contributed by atoms with Crippen LogP contribution in [0.3, 0.4) is 0 Å². The van der Waals surface area contributed by atoms with Crippen molar-refractivity contribution in [2.75, 3.05) is 33.4 Å². The average Bonchev–Trinajstić information content (AvgIpc) is 3.28. The maximum atomic E-state index is 11.5. The summed E-state index contributed by atoms with van der Waals surface area (Å²) in [6.07, 6.45) is 4.63. The number of aliphatic imine (C=N–C) groups is 1. The molecule has 0 radical (unpaired) electrons. The third-order valence-corrected chi connectivity index (χ3v) is 3.25. The highest BCUT2D eigenvalue weighted by molar-refractivity contribution is 14.0. The lowest BCUT2D eigenvalue weighted by Gasteiger charge is -2.12. The Balaban J connectivity index is 0.00000484. The van der Waals surface area contributed by atoms with Crippen LogP contribution in [0, 0.1) is 5.92 Å². The number of rotatable bonds is 11. The van der Waals surface area contributed by atoms with Crippen molar-refractivity contribution < 1.29 is 9.53 Å². The Labute approximate surface area is 157 Å². The quantitative estimate of drug-likeness (QED) is 0.199. The van der Waals surface area contributed by atoms with E-state index >= 15 is 0 Å². The molecule has 3 N–H and O–H groups in total. The fourth-order valence-corrected chi connectivity index (χ4v) is 1.90. The minimum Gasteiger partial charge on any atom is -0.381 e. The fourth-order valence-electron chi connectivity index (χ4n) is 1.90. The molecule has 23 heavy (non-hydrogen) atoms. The van der Waals surface area contributed by atoms with Crippen LogP contribution in [-0.4, -0.2) is 51.3 Å². The molecule has 0 unspecified atom stereocenters. The Morgan fingerprint density at radius 2 is 1.87 bits per heavy atom. The Bertz CT molecular complexity index is 347. The fraction of sp³-hybridized carbons (Fsp3) is 0.875. The number of hydrogen-bond donors (Lipinski definition) is 3. The topological polar surface area (TPSA) is 74.8 Å². The van der Waals surface area contributed by atoms with Crippen LogP contribution in [-0.2, 0) is 9.53 Å². The van der Waals surface area contributed by atoms with Crippen molar-refractivity contribution in [3.05, 3.63) is 0 Å². The van der Waals surface area contributed by atoms with Crippen molar-refractivity contribution in [3.63, 3.8) is 0 Å². The van der Waals surface area contributed by atoms with Crippen LogP contribution in [0.2, 0.25) is 0 Å². The van der Waals surface area contributed by atoms with E-state index < -0.39 is 0 Å². The number of amides is 1. The van der Waals surface area contributed by atoms with E-state index in [1.165, 1.54) is 0 Å². The second kappa shape index (κ2) is 13.8. The first-order valence-corrected chi connectivity index (χ1v) is 8.43. The van der Waals surface area contributed by atoms with Gasteiger partial charge >= 0.3 is 0 Å². The lowest BCUT2D eigenvalue weighted by molar-refractivity contribution is -0.121. The van der Waals surface area contributed by atoms with Gasteiger partial charge in [0.25, 0.3) is 0 Å². The van der Waals surface area contributed by atoms with Gasteiger partial charge in [-0.25, -0.2) is 0 Å². The van der Waals surface area contributed by atoms with Crippen LogP contribution in [0.1, 0.15) is 46.0 Å². The Morgan fingerprint density at radius 1 is 1.22 bits per heavy atom. The third-order valence-electron chi connectivity index (χ3n) is 3.25. The molecule has 0 atom stereocenters. The zero-order chi connectivity index (χ0) is 16.2. The lowest BCUT2D eigenvalue weighted by Crippen LogP contribution is -2.38. The van der Waals surface area contributed by atoms with E-state index in [0.29, 0.717) is 18.4 Å². The van der Waals surface area contributed by atoms with Crippen LogP contribution in [0.25, 0.3) is 0 Å². The van der Waals surface area contributed by atoms with E-state index in [1.54, 1.807) is 7.05 Å². The molecule has 0 aromatic carbocycles. The van der Waals surface area contributed by atoms with E-state index in [1.807, 2.05) is 0 Å². The molecule has 0 bridgehead atoms. The van der Waals surface area contributed by atoms with Gasteiger partial charge in [0, 0.05) is 45.8 Å². The van der Waals surface area contributed by atoms with Gasteiger partial charge in [-0.1, -0.05) is 13.8 Å². The second-order valence-corrected chi connectivity index (χ2v) is 6.19. The SMILES string of the molecule is CN=C(NCCCOCC(C)C)NCCCC(=O)NC1CC1.I. The molecule has 0 aromatic heterocycles. The number of nitrogens with one attached hydrogen (secondary N) is 3. The summed E-state index contributed by atoms with van der Waals surface area (Å²) in [7, 11) is 1.75. The molecule has 1 rings (SSSR count). The third kappa shape index (κ3) is 13.6. The molecule has 0 aliphatic heterocycles. The van der Waals surface area contributed by atoms with Crippen molar-refractivity contribution in [1.29, 1.82) is 0 Å². The van der Waals surface area contributed by atoms with Gasteiger partial charge in [0.1, 0.15) is 0 Å². The number of halogens is 1. The number of nitrogens with zero attached hydrogens (tertiary/aromatic N) is 1. The Kier molecular flexibility index (Phi) is 13.5. The van der Waals surface area contributed by atoms with Crippen molar-refractivity contribution in [3.8, 4) is 0 Å². The second-order valence-electron chi connectivity index (χ2n) is 6.19. The molecule has 0 spiro atoms. The highest BCUT2D eigenvalue weighted by Gasteiger charge is 2.22. The van der Waals surface area contributed by atoms with Gasteiger partial charge < -0.3 is 20.7 Å². The zero-order valence-electron chi connectivity index (χ0n) is 14.7. The van der Waals surface area contributed by atoms with E-state index in [2.05, 4.69) is 34.8 Å².